The number of fused-ring (bicyclic) bond motifs is 6. The van der Waals surface area contributed by atoms with Crippen molar-refractivity contribution in [2.45, 2.75) is 19.4 Å². The molecule has 0 fully saturated rings. The molecule has 2 atom stereocenters. The Morgan fingerprint density at radius 2 is 1.23 bits per heavy atom. The highest BCUT2D eigenvalue weighted by Crippen LogP contribution is 2.41. The largest absolute Gasteiger partial charge is 0.456 e. The van der Waals surface area contributed by atoms with Crippen LogP contribution in [0.25, 0.3) is 54.6 Å². The molecule has 2 heterocycles. The van der Waals surface area contributed by atoms with Crippen molar-refractivity contribution in [3.8, 4) is 11.1 Å². The monoisotopic (exact) mass is 604 g/mol. The molecule has 2 unspecified atom stereocenters. The lowest BCUT2D eigenvalue weighted by molar-refractivity contribution is 0.533. The minimum Gasteiger partial charge on any atom is -0.456 e. The fourth-order valence-corrected chi connectivity index (χ4v) is 7.35. The molecule has 0 saturated carbocycles. The van der Waals surface area contributed by atoms with E-state index in [1.54, 1.807) is 0 Å². The van der Waals surface area contributed by atoms with E-state index in [-0.39, 0.29) is 12.0 Å². The van der Waals surface area contributed by atoms with Crippen molar-refractivity contribution in [1.82, 2.24) is 0 Å². The smallest absolute Gasteiger partial charge is 0.155 e. The highest BCUT2D eigenvalue weighted by Gasteiger charge is 2.33. The number of hydrogen-bond donors (Lipinski definition) is 0. The van der Waals surface area contributed by atoms with E-state index in [0.717, 1.165) is 51.0 Å². The summed E-state index contributed by atoms with van der Waals surface area (Å²) in [5.74, 6) is 0.863. The first-order valence-electron chi connectivity index (χ1n) is 16.4. The molecule has 0 bridgehead atoms. The zero-order chi connectivity index (χ0) is 31.3. The van der Waals surface area contributed by atoms with E-state index in [0.29, 0.717) is 0 Å². The Hall–Kier alpha value is -5.80. The minimum absolute atomic E-state index is 0.0611. The highest BCUT2D eigenvalue weighted by molar-refractivity contribution is 6.27. The van der Waals surface area contributed by atoms with E-state index in [1.165, 1.54) is 38.2 Å². The van der Waals surface area contributed by atoms with Gasteiger partial charge >= 0.3 is 0 Å². The standard InChI is InChI=1S/C44H32N2O/c1-2-35-42(31-13-4-3-5-14-31)45-44(32-22-19-29(20-23-32)34-24-21-28-11-6-7-15-33(28)27-34)46-43(35)37-17-10-18-38-41(37)40-36-16-9-8-12-30(36)25-26-39(40)47-38/h3-27,35,42H,2H2,1H3. The molecule has 0 amide bonds. The van der Waals surface area contributed by atoms with Gasteiger partial charge in [-0.25, -0.2) is 4.99 Å². The van der Waals surface area contributed by atoms with Crippen molar-refractivity contribution in [3.63, 3.8) is 0 Å². The number of amidine groups is 1. The summed E-state index contributed by atoms with van der Waals surface area (Å²) in [6, 6.07) is 53.7. The van der Waals surface area contributed by atoms with Crippen molar-refractivity contribution < 1.29 is 4.42 Å². The van der Waals surface area contributed by atoms with Gasteiger partial charge in [-0.15, -0.1) is 0 Å². The zero-order valence-corrected chi connectivity index (χ0v) is 26.1. The van der Waals surface area contributed by atoms with E-state index < -0.39 is 0 Å². The van der Waals surface area contributed by atoms with Crippen LogP contribution in [-0.2, 0) is 0 Å². The maximum Gasteiger partial charge on any atom is 0.155 e. The molecule has 1 aliphatic heterocycles. The molecule has 1 aliphatic rings. The third kappa shape index (κ3) is 4.66. The molecule has 0 saturated heterocycles. The van der Waals surface area contributed by atoms with Crippen LogP contribution in [0.2, 0.25) is 0 Å². The summed E-state index contributed by atoms with van der Waals surface area (Å²) < 4.78 is 6.48. The number of rotatable bonds is 5. The molecule has 47 heavy (non-hydrogen) atoms. The third-order valence-corrected chi connectivity index (χ3v) is 9.69. The molecule has 224 valence electrons. The zero-order valence-electron chi connectivity index (χ0n) is 26.1. The Kier molecular flexibility index (Phi) is 6.57. The van der Waals surface area contributed by atoms with E-state index in [1.807, 2.05) is 0 Å². The number of aliphatic imine (C=N–C) groups is 2. The van der Waals surface area contributed by atoms with Crippen LogP contribution in [0.3, 0.4) is 0 Å². The van der Waals surface area contributed by atoms with Crippen LogP contribution in [0, 0.1) is 5.92 Å². The van der Waals surface area contributed by atoms with Gasteiger partial charge in [0.15, 0.2) is 5.84 Å². The van der Waals surface area contributed by atoms with Gasteiger partial charge in [-0.05, 0) is 62.9 Å². The molecule has 0 spiro atoms. The fraction of sp³-hybridized carbons (Fsp3) is 0.0909. The van der Waals surface area contributed by atoms with Gasteiger partial charge in [0.2, 0.25) is 0 Å². The molecule has 8 aromatic rings. The van der Waals surface area contributed by atoms with Gasteiger partial charge in [0.1, 0.15) is 11.2 Å². The lowest BCUT2D eigenvalue weighted by atomic mass is 9.82. The maximum absolute atomic E-state index is 6.48. The van der Waals surface area contributed by atoms with E-state index in [2.05, 4.69) is 159 Å². The average Bonchev–Trinajstić information content (AvgIpc) is 3.54. The Morgan fingerprint density at radius 1 is 0.553 bits per heavy atom. The van der Waals surface area contributed by atoms with E-state index >= 15 is 0 Å². The topological polar surface area (TPSA) is 37.9 Å². The predicted molar refractivity (Wildman–Crippen MR) is 197 cm³/mol. The molecule has 3 nitrogen and oxygen atoms in total. The molecule has 3 heteroatoms. The van der Waals surface area contributed by atoms with Crippen molar-refractivity contribution in [3.05, 3.63) is 168 Å². The first kappa shape index (κ1) is 27.5. The first-order valence-corrected chi connectivity index (χ1v) is 16.4. The second kappa shape index (κ2) is 11.2. The number of furan rings is 1. The summed E-state index contributed by atoms with van der Waals surface area (Å²) in [5, 5.41) is 7.15. The number of hydrogen-bond acceptors (Lipinski definition) is 3. The Morgan fingerprint density at radius 3 is 2.06 bits per heavy atom. The maximum atomic E-state index is 6.48. The van der Waals surface area contributed by atoms with Gasteiger partial charge in [-0.3, -0.25) is 4.99 Å². The second-order valence-electron chi connectivity index (χ2n) is 12.4. The Balaban J connectivity index is 1.22. The van der Waals surface area contributed by atoms with E-state index in [9.17, 15) is 0 Å². The van der Waals surface area contributed by atoms with Gasteiger partial charge in [-0.2, -0.15) is 0 Å². The summed E-state index contributed by atoms with van der Waals surface area (Å²) in [6.45, 7) is 2.25. The van der Waals surface area contributed by atoms with Crippen molar-refractivity contribution in [2.75, 3.05) is 0 Å². The molecular weight excluding hydrogens is 572 g/mol. The lowest BCUT2D eigenvalue weighted by Crippen LogP contribution is -2.28. The normalized spacial score (nSPS) is 16.5. The van der Waals surface area contributed by atoms with Crippen molar-refractivity contribution in [2.24, 2.45) is 15.9 Å². The van der Waals surface area contributed by atoms with Gasteiger partial charge in [0.25, 0.3) is 0 Å². The van der Waals surface area contributed by atoms with Crippen LogP contribution in [0.15, 0.2) is 166 Å². The molecular formula is C44H32N2O. The van der Waals surface area contributed by atoms with E-state index in [4.69, 9.17) is 14.4 Å². The van der Waals surface area contributed by atoms with Crippen molar-refractivity contribution in [1.29, 1.82) is 0 Å². The summed E-state index contributed by atoms with van der Waals surface area (Å²) in [6.07, 6.45) is 0.906. The van der Waals surface area contributed by atoms with Gasteiger partial charge in [0, 0.05) is 27.8 Å². The van der Waals surface area contributed by atoms with Crippen LogP contribution < -0.4 is 0 Å². The summed E-state index contributed by atoms with van der Waals surface area (Å²) >= 11 is 0. The van der Waals surface area contributed by atoms with Crippen LogP contribution in [0.1, 0.15) is 36.1 Å². The first-order chi connectivity index (χ1) is 23.2. The molecule has 0 radical (unpaired) electrons. The molecule has 0 aliphatic carbocycles. The Bertz CT molecular complexity index is 2500. The predicted octanol–water partition coefficient (Wildman–Crippen LogP) is 11.6. The molecule has 1 aromatic heterocycles. The number of benzene rings is 7. The highest BCUT2D eigenvalue weighted by atomic mass is 16.3. The average molecular weight is 605 g/mol. The van der Waals surface area contributed by atoms with Crippen molar-refractivity contribution >= 4 is 55.0 Å². The second-order valence-corrected chi connectivity index (χ2v) is 12.4. The van der Waals surface area contributed by atoms with Gasteiger partial charge in [-0.1, -0.05) is 140 Å². The SMILES string of the molecule is CCC1C(c2cccc3oc4ccc5ccccc5c4c23)=NC(c2ccc(-c3ccc4ccccc4c3)cc2)=NC1c1ccccc1. The van der Waals surface area contributed by atoms with Crippen LogP contribution in [0.5, 0.6) is 0 Å². The number of nitrogens with zero attached hydrogens (tertiary/aromatic N) is 2. The lowest BCUT2D eigenvalue weighted by Gasteiger charge is -2.30. The summed E-state index contributed by atoms with van der Waals surface area (Å²) in [7, 11) is 0. The molecule has 7 aromatic carbocycles. The molecule has 0 N–H and O–H groups in total. The molecule has 9 rings (SSSR count). The third-order valence-electron chi connectivity index (χ3n) is 9.69. The van der Waals surface area contributed by atoms with Gasteiger partial charge in [0.05, 0.1) is 11.8 Å². The van der Waals surface area contributed by atoms with Crippen LogP contribution in [-0.4, -0.2) is 11.5 Å². The van der Waals surface area contributed by atoms with Crippen LogP contribution >= 0.6 is 0 Å². The fourth-order valence-electron chi connectivity index (χ4n) is 7.35. The van der Waals surface area contributed by atoms with Gasteiger partial charge < -0.3 is 4.42 Å². The Labute approximate surface area is 273 Å². The quantitative estimate of drug-likeness (QED) is 0.193. The summed E-state index contributed by atoms with van der Waals surface area (Å²) in [4.78, 5) is 10.8. The summed E-state index contributed by atoms with van der Waals surface area (Å²) in [5.41, 5.74) is 8.54. The van der Waals surface area contributed by atoms with Crippen LogP contribution in [0.4, 0.5) is 0 Å². The minimum atomic E-state index is -0.0611.